The van der Waals surface area contributed by atoms with Gasteiger partial charge in [0.05, 0.1) is 0 Å². The first-order valence-corrected chi connectivity index (χ1v) is 6.57. The molecule has 0 aliphatic heterocycles. The molecular formula is C15H24N2. The van der Waals surface area contributed by atoms with Gasteiger partial charge in [0.15, 0.2) is 0 Å². The molecular weight excluding hydrogens is 208 g/mol. The third-order valence-electron chi connectivity index (χ3n) is 3.91. The molecule has 1 aliphatic rings. The quantitative estimate of drug-likeness (QED) is 0.868. The summed E-state index contributed by atoms with van der Waals surface area (Å²) in [5.41, 5.74) is 10.4. The molecule has 1 aromatic carbocycles. The van der Waals surface area contributed by atoms with Gasteiger partial charge in [-0.2, -0.15) is 0 Å². The fraction of sp³-hybridized carbons (Fsp3) is 0.600. The zero-order valence-electron chi connectivity index (χ0n) is 11.3. The van der Waals surface area contributed by atoms with Gasteiger partial charge in [-0.15, -0.1) is 0 Å². The fourth-order valence-corrected chi connectivity index (χ4v) is 3.03. The molecule has 2 heteroatoms. The third-order valence-corrected chi connectivity index (χ3v) is 3.91. The van der Waals surface area contributed by atoms with E-state index in [1.165, 1.54) is 42.5 Å². The Morgan fingerprint density at radius 3 is 2.47 bits per heavy atom. The van der Waals surface area contributed by atoms with Crippen molar-refractivity contribution in [3.05, 3.63) is 29.3 Å². The maximum Gasteiger partial charge on any atom is 0.0394 e. The van der Waals surface area contributed by atoms with E-state index in [-0.39, 0.29) is 5.54 Å². The largest absolute Gasteiger partial charge is 0.373 e. The number of rotatable bonds is 3. The normalized spacial score (nSPS) is 18.4. The van der Waals surface area contributed by atoms with E-state index in [4.69, 9.17) is 5.73 Å². The predicted molar refractivity (Wildman–Crippen MR) is 74.6 cm³/mol. The molecule has 1 aliphatic carbocycles. The maximum absolute atomic E-state index is 6.44. The van der Waals surface area contributed by atoms with Crippen molar-refractivity contribution < 1.29 is 0 Å². The van der Waals surface area contributed by atoms with Crippen LogP contribution >= 0.6 is 0 Å². The Morgan fingerprint density at radius 2 is 1.88 bits per heavy atom. The smallest absolute Gasteiger partial charge is 0.0394 e. The molecule has 2 nitrogen and oxygen atoms in total. The van der Waals surface area contributed by atoms with Crippen LogP contribution in [0.4, 0.5) is 5.69 Å². The van der Waals surface area contributed by atoms with Crippen LogP contribution in [-0.2, 0) is 0 Å². The van der Waals surface area contributed by atoms with Crippen LogP contribution in [0.2, 0.25) is 0 Å². The van der Waals surface area contributed by atoms with E-state index in [1.54, 1.807) is 0 Å². The van der Waals surface area contributed by atoms with Crippen LogP contribution in [0.3, 0.4) is 0 Å². The molecule has 0 radical (unpaired) electrons. The van der Waals surface area contributed by atoms with E-state index < -0.39 is 0 Å². The van der Waals surface area contributed by atoms with Gasteiger partial charge in [-0.05, 0) is 38.3 Å². The monoisotopic (exact) mass is 232 g/mol. The number of nitrogens with two attached hydrogens (primary N) is 1. The second-order valence-corrected chi connectivity index (χ2v) is 5.72. The van der Waals surface area contributed by atoms with Crippen LogP contribution in [0.5, 0.6) is 0 Å². The van der Waals surface area contributed by atoms with Gasteiger partial charge in [-0.25, -0.2) is 0 Å². The second-order valence-electron chi connectivity index (χ2n) is 5.72. The Kier molecular flexibility index (Phi) is 3.43. The van der Waals surface area contributed by atoms with Crippen molar-refractivity contribution in [2.45, 2.75) is 45.1 Å². The summed E-state index contributed by atoms with van der Waals surface area (Å²) in [6.07, 6.45) is 4.92. The molecule has 94 valence electrons. The molecule has 0 bridgehead atoms. The average Bonchev–Trinajstić information content (AvgIpc) is 2.64. The molecule has 2 N–H and O–H groups in total. The SMILES string of the molecule is Cc1ccc(N(C)CC2(N)CCCC2)c(C)c1. The second kappa shape index (κ2) is 4.69. The molecule has 17 heavy (non-hydrogen) atoms. The Labute approximate surface area is 105 Å². The summed E-state index contributed by atoms with van der Waals surface area (Å²) in [5, 5.41) is 0. The van der Waals surface area contributed by atoms with Crippen LogP contribution in [0.25, 0.3) is 0 Å². The lowest BCUT2D eigenvalue weighted by Gasteiger charge is -2.32. The lowest BCUT2D eigenvalue weighted by Crippen LogP contribution is -2.47. The van der Waals surface area contributed by atoms with Gasteiger partial charge in [-0.1, -0.05) is 30.5 Å². The van der Waals surface area contributed by atoms with Crippen molar-refractivity contribution in [2.75, 3.05) is 18.5 Å². The lowest BCUT2D eigenvalue weighted by molar-refractivity contribution is 0.442. The number of aryl methyl sites for hydroxylation is 2. The lowest BCUT2D eigenvalue weighted by atomic mass is 9.98. The summed E-state index contributed by atoms with van der Waals surface area (Å²) in [6.45, 7) is 5.28. The zero-order valence-corrected chi connectivity index (χ0v) is 11.3. The highest BCUT2D eigenvalue weighted by atomic mass is 15.1. The molecule has 1 aromatic rings. The van der Waals surface area contributed by atoms with E-state index >= 15 is 0 Å². The molecule has 2 rings (SSSR count). The zero-order chi connectivity index (χ0) is 12.5. The van der Waals surface area contributed by atoms with Crippen molar-refractivity contribution in [2.24, 2.45) is 5.73 Å². The highest BCUT2D eigenvalue weighted by Crippen LogP contribution is 2.30. The van der Waals surface area contributed by atoms with Crippen LogP contribution in [-0.4, -0.2) is 19.1 Å². The van der Waals surface area contributed by atoms with E-state index in [1.807, 2.05) is 0 Å². The number of hydrogen-bond donors (Lipinski definition) is 1. The van der Waals surface area contributed by atoms with Crippen molar-refractivity contribution in [3.8, 4) is 0 Å². The average molecular weight is 232 g/mol. The van der Waals surface area contributed by atoms with Gasteiger partial charge in [0, 0.05) is 24.8 Å². The van der Waals surface area contributed by atoms with E-state index in [0.717, 1.165) is 6.54 Å². The number of likely N-dealkylation sites (N-methyl/N-ethyl adjacent to an activating group) is 1. The van der Waals surface area contributed by atoms with Crippen LogP contribution in [0.15, 0.2) is 18.2 Å². The minimum Gasteiger partial charge on any atom is -0.373 e. The number of benzene rings is 1. The number of nitrogens with zero attached hydrogens (tertiary/aromatic N) is 1. The molecule has 1 saturated carbocycles. The minimum atomic E-state index is 0.0338. The van der Waals surface area contributed by atoms with Gasteiger partial charge < -0.3 is 10.6 Å². The first-order valence-electron chi connectivity index (χ1n) is 6.57. The Morgan fingerprint density at radius 1 is 1.24 bits per heavy atom. The fourth-order valence-electron chi connectivity index (χ4n) is 3.03. The first-order chi connectivity index (χ1) is 8.00. The van der Waals surface area contributed by atoms with Gasteiger partial charge in [0.2, 0.25) is 0 Å². The van der Waals surface area contributed by atoms with E-state index in [0.29, 0.717) is 0 Å². The van der Waals surface area contributed by atoms with Crippen LogP contribution in [0.1, 0.15) is 36.8 Å². The minimum absolute atomic E-state index is 0.0338. The van der Waals surface area contributed by atoms with Gasteiger partial charge in [0.25, 0.3) is 0 Å². The van der Waals surface area contributed by atoms with Crippen molar-refractivity contribution in [1.82, 2.24) is 0 Å². The molecule has 0 spiro atoms. The Bertz CT molecular complexity index is 392. The highest BCUT2D eigenvalue weighted by Gasteiger charge is 2.30. The molecule has 0 aromatic heterocycles. The predicted octanol–water partition coefficient (Wildman–Crippen LogP) is 3.01. The Balaban J connectivity index is 2.11. The van der Waals surface area contributed by atoms with Gasteiger partial charge in [0.1, 0.15) is 0 Å². The topological polar surface area (TPSA) is 29.3 Å². The van der Waals surface area contributed by atoms with Gasteiger partial charge >= 0.3 is 0 Å². The number of hydrogen-bond acceptors (Lipinski definition) is 2. The summed E-state index contributed by atoms with van der Waals surface area (Å²) >= 11 is 0. The van der Waals surface area contributed by atoms with Crippen LogP contribution in [0, 0.1) is 13.8 Å². The summed E-state index contributed by atoms with van der Waals surface area (Å²) in [4.78, 5) is 2.32. The molecule has 0 unspecified atom stereocenters. The first kappa shape index (κ1) is 12.4. The highest BCUT2D eigenvalue weighted by molar-refractivity contribution is 5.54. The third kappa shape index (κ3) is 2.81. The van der Waals surface area contributed by atoms with Gasteiger partial charge in [-0.3, -0.25) is 0 Å². The summed E-state index contributed by atoms with van der Waals surface area (Å²) in [6, 6.07) is 6.63. The molecule has 0 saturated heterocycles. The van der Waals surface area contributed by atoms with E-state index in [9.17, 15) is 0 Å². The van der Waals surface area contributed by atoms with Crippen molar-refractivity contribution in [1.29, 1.82) is 0 Å². The van der Waals surface area contributed by atoms with Crippen LogP contribution < -0.4 is 10.6 Å². The molecule has 0 amide bonds. The number of anilines is 1. The van der Waals surface area contributed by atoms with Crippen molar-refractivity contribution in [3.63, 3.8) is 0 Å². The summed E-state index contributed by atoms with van der Waals surface area (Å²) in [7, 11) is 2.16. The summed E-state index contributed by atoms with van der Waals surface area (Å²) < 4.78 is 0. The molecule has 1 fully saturated rings. The maximum atomic E-state index is 6.44. The molecule has 0 heterocycles. The molecule has 0 atom stereocenters. The van der Waals surface area contributed by atoms with E-state index in [2.05, 4.69) is 44.0 Å². The Hall–Kier alpha value is -1.02. The summed E-state index contributed by atoms with van der Waals surface area (Å²) in [5.74, 6) is 0. The standard InChI is InChI=1S/C15H24N2/c1-12-6-7-14(13(2)10-12)17(3)11-15(16)8-4-5-9-15/h6-7,10H,4-5,8-9,11,16H2,1-3H3. The van der Waals surface area contributed by atoms with Crippen molar-refractivity contribution >= 4 is 5.69 Å².